The number of carbonyl (C=O) groups excluding carboxylic acids is 2. The average molecular weight is 891 g/mol. The van der Waals surface area contributed by atoms with Gasteiger partial charge in [0.15, 0.2) is 6.10 Å². The molecule has 3 N–H and O–H groups in total. The van der Waals surface area contributed by atoms with E-state index >= 15 is 0 Å². The number of carbonyl (C=O) groups is 2. The van der Waals surface area contributed by atoms with Gasteiger partial charge in [0.1, 0.15) is 12.7 Å². The fraction of sp³-hybridized carbons (Fsp3) is 0.960. The first kappa shape index (κ1) is 60.0. The molecule has 0 amide bonds. The van der Waals surface area contributed by atoms with Gasteiger partial charge in [0.2, 0.25) is 0 Å². The quantitative estimate of drug-likeness (QED) is 0.0306. The number of esters is 2. The Balaban J connectivity index is 4.12. The first-order valence-electron chi connectivity index (χ1n) is 26.0. The van der Waals surface area contributed by atoms with E-state index in [4.69, 9.17) is 23.6 Å². The molecule has 0 aliphatic heterocycles. The molecular formula is C50H99O10P. The monoisotopic (exact) mass is 891 g/mol. The lowest BCUT2D eigenvalue weighted by atomic mass is 10.0. The summed E-state index contributed by atoms with van der Waals surface area (Å²) in [6.45, 7) is 2.46. The standard InChI is InChI=1S/C50H99O10P/c1-3-5-7-9-11-13-15-17-19-21-23-25-27-29-31-33-35-37-39-41-49(53)57-45-48(46-59-61(55,56)58-44-47(52)43-51)60-50(54)42-40-38-36-34-32-30-28-26-24-22-20-18-16-14-12-10-8-6-4-2/h47-48,51-52H,3-46H2,1-2H3,(H,55,56). The zero-order chi connectivity index (χ0) is 44.8. The van der Waals surface area contributed by atoms with Crippen molar-refractivity contribution in [3.8, 4) is 0 Å². The molecule has 0 saturated heterocycles. The van der Waals surface area contributed by atoms with Gasteiger partial charge < -0.3 is 24.6 Å². The molecule has 0 radical (unpaired) electrons. The molecule has 11 heteroatoms. The molecule has 0 aromatic heterocycles. The summed E-state index contributed by atoms with van der Waals surface area (Å²) < 4.78 is 32.9. The number of hydrogen-bond donors (Lipinski definition) is 3. The van der Waals surface area contributed by atoms with E-state index in [1.165, 1.54) is 199 Å². The van der Waals surface area contributed by atoms with Crippen molar-refractivity contribution in [3.05, 3.63) is 0 Å². The Morgan fingerprint density at radius 3 is 1.02 bits per heavy atom. The second-order valence-electron chi connectivity index (χ2n) is 17.9. The van der Waals surface area contributed by atoms with E-state index in [-0.39, 0.29) is 19.4 Å². The fourth-order valence-corrected chi connectivity index (χ4v) is 8.55. The van der Waals surface area contributed by atoms with Gasteiger partial charge in [-0.2, -0.15) is 0 Å². The number of unbranched alkanes of at least 4 members (excludes halogenated alkanes) is 36. The number of phosphoric acid groups is 1. The minimum Gasteiger partial charge on any atom is -0.462 e. The summed E-state index contributed by atoms with van der Waals surface area (Å²) >= 11 is 0. The van der Waals surface area contributed by atoms with Crippen molar-refractivity contribution >= 4 is 19.8 Å². The molecule has 0 heterocycles. The summed E-state index contributed by atoms with van der Waals surface area (Å²) in [6.07, 6.45) is 46.4. The molecule has 0 spiro atoms. The second-order valence-corrected chi connectivity index (χ2v) is 19.4. The molecule has 364 valence electrons. The maximum Gasteiger partial charge on any atom is 0.472 e. The van der Waals surface area contributed by atoms with Gasteiger partial charge in [-0.05, 0) is 12.8 Å². The van der Waals surface area contributed by atoms with Crippen LogP contribution < -0.4 is 0 Å². The van der Waals surface area contributed by atoms with E-state index in [9.17, 15) is 24.2 Å². The van der Waals surface area contributed by atoms with Crippen LogP contribution in [-0.4, -0.2) is 65.7 Å². The molecule has 0 aliphatic rings. The first-order chi connectivity index (χ1) is 29.7. The predicted octanol–water partition coefficient (Wildman–Crippen LogP) is 14.6. The van der Waals surface area contributed by atoms with Gasteiger partial charge in [-0.15, -0.1) is 0 Å². The molecule has 0 aromatic carbocycles. The minimum absolute atomic E-state index is 0.193. The van der Waals surface area contributed by atoms with Gasteiger partial charge in [0.05, 0.1) is 19.8 Å². The van der Waals surface area contributed by atoms with Crippen LogP contribution in [0.1, 0.15) is 271 Å². The van der Waals surface area contributed by atoms with E-state index < -0.39 is 51.8 Å². The topological polar surface area (TPSA) is 149 Å². The van der Waals surface area contributed by atoms with Gasteiger partial charge >= 0.3 is 19.8 Å². The van der Waals surface area contributed by atoms with Crippen molar-refractivity contribution in [2.45, 2.75) is 283 Å². The molecule has 3 unspecified atom stereocenters. The number of aliphatic hydroxyl groups excluding tert-OH is 2. The van der Waals surface area contributed by atoms with Gasteiger partial charge in [-0.25, -0.2) is 4.57 Å². The lowest BCUT2D eigenvalue weighted by Gasteiger charge is -2.20. The Bertz CT molecular complexity index is 982. The summed E-state index contributed by atoms with van der Waals surface area (Å²) in [5, 5.41) is 18.4. The van der Waals surface area contributed by atoms with Crippen molar-refractivity contribution in [1.29, 1.82) is 0 Å². The third-order valence-electron chi connectivity index (χ3n) is 11.8. The highest BCUT2D eigenvalue weighted by Crippen LogP contribution is 2.43. The summed E-state index contributed by atoms with van der Waals surface area (Å²) in [5.74, 6) is -0.902. The van der Waals surface area contributed by atoms with Crippen LogP contribution in [-0.2, 0) is 32.7 Å². The van der Waals surface area contributed by atoms with Crippen LogP contribution in [0.2, 0.25) is 0 Å². The van der Waals surface area contributed by atoms with Crippen molar-refractivity contribution < 1.29 is 47.8 Å². The number of hydrogen-bond acceptors (Lipinski definition) is 9. The highest BCUT2D eigenvalue weighted by Gasteiger charge is 2.27. The first-order valence-corrected chi connectivity index (χ1v) is 27.5. The molecule has 0 aromatic rings. The van der Waals surface area contributed by atoms with Crippen molar-refractivity contribution in [2.75, 3.05) is 26.4 Å². The normalized spacial score (nSPS) is 13.6. The van der Waals surface area contributed by atoms with Crippen molar-refractivity contribution in [2.24, 2.45) is 0 Å². The third kappa shape index (κ3) is 46.8. The smallest absolute Gasteiger partial charge is 0.462 e. The molecule has 10 nitrogen and oxygen atoms in total. The maximum atomic E-state index is 12.7. The molecule has 0 bridgehead atoms. The number of rotatable bonds is 50. The number of ether oxygens (including phenoxy) is 2. The molecular weight excluding hydrogens is 792 g/mol. The molecule has 0 saturated carbocycles. The van der Waals surface area contributed by atoms with Crippen molar-refractivity contribution in [3.63, 3.8) is 0 Å². The van der Waals surface area contributed by atoms with Crippen LogP contribution in [0, 0.1) is 0 Å². The lowest BCUT2D eigenvalue weighted by molar-refractivity contribution is -0.161. The highest BCUT2D eigenvalue weighted by molar-refractivity contribution is 7.47. The Labute approximate surface area is 375 Å². The Morgan fingerprint density at radius 2 is 0.705 bits per heavy atom. The Morgan fingerprint density at radius 1 is 0.426 bits per heavy atom. The van der Waals surface area contributed by atoms with Gasteiger partial charge in [-0.1, -0.05) is 245 Å². The van der Waals surface area contributed by atoms with Crippen LogP contribution in [0.4, 0.5) is 0 Å². The second kappa shape index (κ2) is 46.9. The van der Waals surface area contributed by atoms with Crippen LogP contribution in [0.15, 0.2) is 0 Å². The summed E-state index contributed by atoms with van der Waals surface area (Å²) in [4.78, 5) is 35.2. The van der Waals surface area contributed by atoms with Crippen LogP contribution in [0.5, 0.6) is 0 Å². The van der Waals surface area contributed by atoms with Crippen LogP contribution in [0.3, 0.4) is 0 Å². The van der Waals surface area contributed by atoms with E-state index in [2.05, 4.69) is 13.8 Å². The van der Waals surface area contributed by atoms with E-state index in [0.29, 0.717) is 12.8 Å². The zero-order valence-corrected chi connectivity index (χ0v) is 40.8. The SMILES string of the molecule is CCCCCCCCCCCCCCCCCCCCCC(=O)OCC(COP(=O)(O)OCC(O)CO)OC(=O)CCCCCCCCCCCCCCCCCCCCC. The molecule has 0 aliphatic carbocycles. The van der Waals surface area contributed by atoms with E-state index in [1.54, 1.807) is 0 Å². The summed E-state index contributed by atoms with van der Waals surface area (Å²) in [6, 6.07) is 0. The van der Waals surface area contributed by atoms with E-state index in [0.717, 1.165) is 32.1 Å². The highest BCUT2D eigenvalue weighted by atomic mass is 31.2. The fourth-order valence-electron chi connectivity index (χ4n) is 7.76. The molecule has 0 fully saturated rings. The zero-order valence-electron chi connectivity index (χ0n) is 39.9. The van der Waals surface area contributed by atoms with Crippen LogP contribution >= 0.6 is 7.82 Å². The number of aliphatic hydroxyl groups is 2. The van der Waals surface area contributed by atoms with Crippen molar-refractivity contribution in [1.82, 2.24) is 0 Å². The Hall–Kier alpha value is -1.03. The average Bonchev–Trinajstić information content (AvgIpc) is 3.25. The lowest BCUT2D eigenvalue weighted by Crippen LogP contribution is -2.29. The molecule has 0 rings (SSSR count). The summed E-state index contributed by atoms with van der Waals surface area (Å²) in [7, 11) is -4.61. The Kier molecular flexibility index (Phi) is 46.2. The third-order valence-corrected chi connectivity index (χ3v) is 12.7. The predicted molar refractivity (Wildman–Crippen MR) is 252 cm³/mol. The van der Waals surface area contributed by atoms with Gasteiger partial charge in [-0.3, -0.25) is 18.6 Å². The molecule has 3 atom stereocenters. The summed E-state index contributed by atoms with van der Waals surface area (Å²) in [5.41, 5.74) is 0. The van der Waals surface area contributed by atoms with E-state index in [1.807, 2.05) is 0 Å². The number of phosphoric ester groups is 1. The van der Waals surface area contributed by atoms with Gasteiger partial charge in [0, 0.05) is 12.8 Å². The maximum absolute atomic E-state index is 12.7. The minimum atomic E-state index is -4.61. The van der Waals surface area contributed by atoms with Gasteiger partial charge in [0.25, 0.3) is 0 Å². The largest absolute Gasteiger partial charge is 0.472 e. The molecule has 61 heavy (non-hydrogen) atoms. The van der Waals surface area contributed by atoms with Crippen LogP contribution in [0.25, 0.3) is 0 Å².